The van der Waals surface area contributed by atoms with E-state index in [9.17, 15) is 0 Å². The predicted molar refractivity (Wildman–Crippen MR) is 53.0 cm³/mol. The van der Waals surface area contributed by atoms with Crippen LogP contribution in [0.1, 0.15) is 6.92 Å². The molecule has 1 aromatic heterocycles. The molecule has 4 heteroatoms. The van der Waals surface area contributed by atoms with Gasteiger partial charge in [0.2, 0.25) is 0 Å². The molecule has 1 aromatic rings. The molecule has 0 aliphatic carbocycles. The molecule has 1 N–H and O–H groups in total. The smallest absolute Gasteiger partial charge is 0.0753 e. The van der Waals surface area contributed by atoms with Gasteiger partial charge in [-0.05, 0) is 6.92 Å². The van der Waals surface area contributed by atoms with Crippen LogP contribution in [0.4, 0.5) is 5.69 Å². The molecule has 1 fully saturated rings. The first-order valence-corrected chi connectivity index (χ1v) is 4.88. The first-order chi connectivity index (χ1) is 6.40. The lowest BCUT2D eigenvalue weighted by Crippen LogP contribution is -2.43. The van der Waals surface area contributed by atoms with Crippen LogP contribution in [-0.4, -0.2) is 36.0 Å². The lowest BCUT2D eigenvalue weighted by atomic mass is 10.3. The Labute approximate surface area is 78.5 Å². The molecule has 13 heavy (non-hydrogen) atoms. The Morgan fingerprint density at radius 2 is 2.23 bits per heavy atom. The maximum atomic E-state index is 4.26. The van der Waals surface area contributed by atoms with Crippen molar-refractivity contribution < 1.29 is 0 Å². The van der Waals surface area contributed by atoms with E-state index in [0.29, 0.717) is 0 Å². The average Bonchev–Trinajstić information content (AvgIpc) is 2.67. The maximum absolute atomic E-state index is 4.26. The van der Waals surface area contributed by atoms with Crippen molar-refractivity contribution in [2.24, 2.45) is 0 Å². The van der Waals surface area contributed by atoms with Gasteiger partial charge in [-0.2, -0.15) is 5.10 Å². The fourth-order valence-corrected chi connectivity index (χ4v) is 1.61. The molecule has 0 unspecified atom stereocenters. The number of nitrogens with one attached hydrogen (secondary N) is 1. The SMILES string of the molecule is CCn1cc(N2CCNCC2)cn1. The van der Waals surface area contributed by atoms with Crippen LogP contribution in [0.2, 0.25) is 0 Å². The molecule has 0 spiro atoms. The van der Waals surface area contributed by atoms with Crippen molar-refractivity contribution in [3.8, 4) is 0 Å². The molecule has 2 rings (SSSR count). The van der Waals surface area contributed by atoms with E-state index in [1.807, 2.05) is 10.9 Å². The Morgan fingerprint density at radius 1 is 1.46 bits per heavy atom. The quantitative estimate of drug-likeness (QED) is 0.711. The highest BCUT2D eigenvalue weighted by Crippen LogP contribution is 2.12. The minimum Gasteiger partial charge on any atom is -0.366 e. The van der Waals surface area contributed by atoms with E-state index >= 15 is 0 Å². The van der Waals surface area contributed by atoms with Gasteiger partial charge >= 0.3 is 0 Å². The third kappa shape index (κ3) is 1.83. The Hall–Kier alpha value is -1.03. The topological polar surface area (TPSA) is 33.1 Å². The van der Waals surface area contributed by atoms with Crippen LogP contribution in [-0.2, 0) is 6.54 Å². The Morgan fingerprint density at radius 3 is 2.85 bits per heavy atom. The largest absolute Gasteiger partial charge is 0.366 e. The Kier molecular flexibility index (Phi) is 2.49. The van der Waals surface area contributed by atoms with Crippen LogP contribution in [0, 0.1) is 0 Å². The molecule has 0 amide bonds. The molecule has 4 nitrogen and oxygen atoms in total. The predicted octanol–water partition coefficient (Wildman–Crippen LogP) is 0.313. The molecule has 1 aliphatic heterocycles. The maximum Gasteiger partial charge on any atom is 0.0753 e. The molecule has 0 atom stereocenters. The van der Waals surface area contributed by atoms with E-state index in [1.54, 1.807) is 0 Å². The highest BCUT2D eigenvalue weighted by molar-refractivity contribution is 5.42. The van der Waals surface area contributed by atoms with Crippen molar-refractivity contribution in [1.29, 1.82) is 0 Å². The summed E-state index contributed by atoms with van der Waals surface area (Å²) in [7, 11) is 0. The van der Waals surface area contributed by atoms with E-state index in [0.717, 1.165) is 32.7 Å². The third-order valence-corrected chi connectivity index (χ3v) is 2.43. The summed E-state index contributed by atoms with van der Waals surface area (Å²) in [5.41, 5.74) is 1.25. The summed E-state index contributed by atoms with van der Waals surface area (Å²) in [5, 5.41) is 7.60. The van der Waals surface area contributed by atoms with Crippen LogP contribution in [0.3, 0.4) is 0 Å². The van der Waals surface area contributed by atoms with Crippen molar-refractivity contribution >= 4 is 5.69 Å². The molecular weight excluding hydrogens is 164 g/mol. The first-order valence-electron chi connectivity index (χ1n) is 4.88. The van der Waals surface area contributed by atoms with Crippen molar-refractivity contribution in [1.82, 2.24) is 15.1 Å². The Bertz CT molecular complexity index is 262. The van der Waals surface area contributed by atoms with Crippen LogP contribution >= 0.6 is 0 Å². The van der Waals surface area contributed by atoms with Gasteiger partial charge in [-0.25, -0.2) is 0 Å². The van der Waals surface area contributed by atoms with Gasteiger partial charge in [-0.3, -0.25) is 4.68 Å². The molecule has 0 saturated carbocycles. The van der Waals surface area contributed by atoms with Gasteiger partial charge < -0.3 is 10.2 Å². The first kappa shape index (κ1) is 8.56. The number of hydrogen-bond donors (Lipinski definition) is 1. The van der Waals surface area contributed by atoms with Crippen molar-refractivity contribution in [2.45, 2.75) is 13.5 Å². The van der Waals surface area contributed by atoms with E-state index < -0.39 is 0 Å². The van der Waals surface area contributed by atoms with E-state index in [2.05, 4.69) is 28.4 Å². The van der Waals surface area contributed by atoms with Gasteiger partial charge in [0.25, 0.3) is 0 Å². The van der Waals surface area contributed by atoms with Gasteiger partial charge in [-0.1, -0.05) is 0 Å². The summed E-state index contributed by atoms with van der Waals surface area (Å²) in [5.74, 6) is 0. The molecule has 1 aliphatic rings. The molecule has 0 radical (unpaired) electrons. The van der Waals surface area contributed by atoms with Crippen molar-refractivity contribution in [2.75, 3.05) is 31.1 Å². The fraction of sp³-hybridized carbons (Fsp3) is 0.667. The summed E-state index contributed by atoms with van der Waals surface area (Å²) in [4.78, 5) is 2.37. The minimum atomic E-state index is 0.950. The highest BCUT2D eigenvalue weighted by Gasteiger charge is 2.11. The van der Waals surface area contributed by atoms with Gasteiger partial charge in [-0.15, -0.1) is 0 Å². The summed E-state index contributed by atoms with van der Waals surface area (Å²) in [6, 6.07) is 0. The average molecular weight is 180 g/mol. The third-order valence-electron chi connectivity index (χ3n) is 2.43. The van der Waals surface area contributed by atoms with Gasteiger partial charge in [0.15, 0.2) is 0 Å². The molecule has 0 aromatic carbocycles. The van der Waals surface area contributed by atoms with Crippen LogP contribution in [0.15, 0.2) is 12.4 Å². The highest BCUT2D eigenvalue weighted by atomic mass is 15.3. The van der Waals surface area contributed by atoms with E-state index in [4.69, 9.17) is 0 Å². The minimum absolute atomic E-state index is 0.950. The second-order valence-corrected chi connectivity index (χ2v) is 3.29. The summed E-state index contributed by atoms with van der Waals surface area (Å²) < 4.78 is 1.97. The second kappa shape index (κ2) is 3.79. The molecule has 2 heterocycles. The van der Waals surface area contributed by atoms with E-state index in [-0.39, 0.29) is 0 Å². The number of rotatable bonds is 2. The normalized spacial score (nSPS) is 17.8. The zero-order chi connectivity index (χ0) is 9.10. The zero-order valence-corrected chi connectivity index (χ0v) is 8.03. The van der Waals surface area contributed by atoms with Crippen LogP contribution in [0.5, 0.6) is 0 Å². The molecule has 1 saturated heterocycles. The van der Waals surface area contributed by atoms with Gasteiger partial charge in [0, 0.05) is 38.9 Å². The van der Waals surface area contributed by atoms with Crippen LogP contribution < -0.4 is 10.2 Å². The lowest BCUT2D eigenvalue weighted by molar-refractivity contribution is 0.588. The second-order valence-electron chi connectivity index (χ2n) is 3.29. The van der Waals surface area contributed by atoms with Gasteiger partial charge in [0.1, 0.15) is 0 Å². The summed E-state index contributed by atoms with van der Waals surface area (Å²) >= 11 is 0. The number of anilines is 1. The summed E-state index contributed by atoms with van der Waals surface area (Å²) in [6.07, 6.45) is 4.07. The number of hydrogen-bond acceptors (Lipinski definition) is 3. The molecule has 72 valence electrons. The van der Waals surface area contributed by atoms with Crippen molar-refractivity contribution in [3.05, 3.63) is 12.4 Å². The number of aryl methyl sites for hydroxylation is 1. The molecular formula is C9H16N4. The fourth-order valence-electron chi connectivity index (χ4n) is 1.61. The van der Waals surface area contributed by atoms with Crippen LogP contribution in [0.25, 0.3) is 0 Å². The zero-order valence-electron chi connectivity index (χ0n) is 8.03. The standard InChI is InChI=1S/C9H16N4/c1-2-13-8-9(7-11-13)12-5-3-10-4-6-12/h7-8,10H,2-6H2,1H3. The number of piperazine rings is 1. The monoisotopic (exact) mass is 180 g/mol. The summed E-state index contributed by atoms with van der Waals surface area (Å²) in [6.45, 7) is 7.40. The van der Waals surface area contributed by atoms with E-state index in [1.165, 1.54) is 5.69 Å². The number of nitrogens with zero attached hydrogens (tertiary/aromatic N) is 3. The van der Waals surface area contributed by atoms with Crippen molar-refractivity contribution in [3.63, 3.8) is 0 Å². The lowest BCUT2D eigenvalue weighted by Gasteiger charge is -2.27. The Balaban J connectivity index is 2.05. The number of aromatic nitrogens is 2. The van der Waals surface area contributed by atoms with Gasteiger partial charge in [0.05, 0.1) is 11.9 Å². The molecule has 0 bridgehead atoms.